The number of H-pyrrole nitrogens is 1. The summed E-state index contributed by atoms with van der Waals surface area (Å²) in [5.74, 6) is 0.259. The zero-order chi connectivity index (χ0) is 20.8. The van der Waals surface area contributed by atoms with Gasteiger partial charge in [0.1, 0.15) is 0 Å². The Kier molecular flexibility index (Phi) is 6.64. The van der Waals surface area contributed by atoms with Gasteiger partial charge in [-0.15, -0.1) is 0 Å². The molecule has 2 aromatic carbocycles. The van der Waals surface area contributed by atoms with E-state index in [1.54, 1.807) is 0 Å². The van der Waals surface area contributed by atoms with Gasteiger partial charge in [0.05, 0.1) is 11.4 Å². The van der Waals surface area contributed by atoms with Gasteiger partial charge in [-0.3, -0.25) is 9.59 Å². The standard InChI is InChI=1S/C24H25N3O2S/c28-22(17-30-24-25-21-14-8-7-13-20(21)23(29)26-24)27(15-18-9-3-1-4-10-18)16-19-11-5-2-6-12-19/h1-6,9-12H,7-8,13-17H2,(H,25,26,29). The number of rotatable bonds is 7. The number of fused-ring (bicyclic) bond motifs is 1. The maximum Gasteiger partial charge on any atom is 0.254 e. The van der Waals surface area contributed by atoms with E-state index in [0.29, 0.717) is 18.2 Å². The maximum absolute atomic E-state index is 13.1. The SMILES string of the molecule is O=C(CSc1nc2c(c(=O)[nH]1)CCCC2)N(Cc1ccccc1)Cc1ccccc1. The monoisotopic (exact) mass is 419 g/mol. The highest BCUT2D eigenvalue weighted by Gasteiger charge is 2.18. The first-order valence-corrected chi connectivity index (χ1v) is 11.3. The summed E-state index contributed by atoms with van der Waals surface area (Å²) in [5, 5.41) is 0.536. The summed E-state index contributed by atoms with van der Waals surface area (Å²) in [6, 6.07) is 20.0. The molecular formula is C24H25N3O2S. The zero-order valence-electron chi connectivity index (χ0n) is 16.8. The van der Waals surface area contributed by atoms with Crippen molar-refractivity contribution in [2.45, 2.75) is 43.9 Å². The quantitative estimate of drug-likeness (QED) is 0.465. The van der Waals surface area contributed by atoms with Crippen LogP contribution in [0.15, 0.2) is 70.6 Å². The molecule has 0 radical (unpaired) electrons. The van der Waals surface area contributed by atoms with Crippen LogP contribution in [0.1, 0.15) is 35.2 Å². The molecule has 6 heteroatoms. The Morgan fingerprint density at radius 2 is 1.53 bits per heavy atom. The zero-order valence-corrected chi connectivity index (χ0v) is 17.7. The number of hydrogen-bond donors (Lipinski definition) is 1. The van der Waals surface area contributed by atoms with Gasteiger partial charge in [0.25, 0.3) is 5.56 Å². The van der Waals surface area contributed by atoms with Crippen LogP contribution < -0.4 is 5.56 Å². The smallest absolute Gasteiger partial charge is 0.254 e. The molecular weight excluding hydrogens is 394 g/mol. The fourth-order valence-corrected chi connectivity index (χ4v) is 4.49. The third-order valence-corrected chi connectivity index (χ3v) is 6.15. The summed E-state index contributed by atoms with van der Waals surface area (Å²) in [6.07, 6.45) is 3.74. The van der Waals surface area contributed by atoms with Crippen molar-refractivity contribution in [3.05, 3.63) is 93.4 Å². The Morgan fingerprint density at radius 1 is 0.933 bits per heavy atom. The minimum absolute atomic E-state index is 0.0214. The van der Waals surface area contributed by atoms with Crippen LogP contribution in [-0.4, -0.2) is 26.5 Å². The summed E-state index contributed by atoms with van der Waals surface area (Å²) in [7, 11) is 0. The van der Waals surface area contributed by atoms with E-state index in [1.165, 1.54) is 11.8 Å². The van der Waals surface area contributed by atoms with E-state index in [4.69, 9.17) is 0 Å². The van der Waals surface area contributed by atoms with E-state index < -0.39 is 0 Å². The molecule has 1 aliphatic rings. The van der Waals surface area contributed by atoms with Crippen LogP contribution >= 0.6 is 11.8 Å². The normalized spacial score (nSPS) is 12.9. The van der Waals surface area contributed by atoms with Gasteiger partial charge in [0, 0.05) is 18.7 Å². The molecule has 1 heterocycles. The van der Waals surface area contributed by atoms with Crippen molar-refractivity contribution < 1.29 is 4.79 Å². The number of carbonyl (C=O) groups excluding carboxylic acids is 1. The number of benzene rings is 2. The molecule has 0 atom stereocenters. The summed E-state index contributed by atoms with van der Waals surface area (Å²) in [4.78, 5) is 34.7. The number of aromatic nitrogens is 2. The number of amides is 1. The van der Waals surface area contributed by atoms with E-state index in [-0.39, 0.29) is 17.2 Å². The molecule has 0 bridgehead atoms. The van der Waals surface area contributed by atoms with Crippen molar-refractivity contribution in [1.82, 2.24) is 14.9 Å². The van der Waals surface area contributed by atoms with Crippen molar-refractivity contribution in [3.8, 4) is 0 Å². The molecule has 154 valence electrons. The topological polar surface area (TPSA) is 66.1 Å². The van der Waals surface area contributed by atoms with Gasteiger partial charge in [0.2, 0.25) is 5.91 Å². The van der Waals surface area contributed by atoms with Crippen LogP contribution in [0.2, 0.25) is 0 Å². The van der Waals surface area contributed by atoms with Gasteiger partial charge in [0.15, 0.2) is 5.16 Å². The Hall–Kier alpha value is -2.86. The largest absolute Gasteiger partial charge is 0.333 e. The van der Waals surface area contributed by atoms with Crippen LogP contribution in [0.25, 0.3) is 0 Å². The second-order valence-electron chi connectivity index (χ2n) is 7.51. The fourth-order valence-electron chi connectivity index (χ4n) is 3.71. The molecule has 0 unspecified atom stereocenters. The first kappa shape index (κ1) is 20.4. The Bertz CT molecular complexity index is 1010. The van der Waals surface area contributed by atoms with E-state index in [0.717, 1.165) is 48.1 Å². The van der Waals surface area contributed by atoms with Crippen molar-refractivity contribution in [2.75, 3.05) is 5.75 Å². The van der Waals surface area contributed by atoms with Crippen LogP contribution in [0, 0.1) is 0 Å². The maximum atomic E-state index is 13.1. The molecule has 4 rings (SSSR count). The number of thioether (sulfide) groups is 1. The lowest BCUT2D eigenvalue weighted by Crippen LogP contribution is -2.31. The molecule has 0 fully saturated rings. The lowest BCUT2D eigenvalue weighted by Gasteiger charge is -2.23. The van der Waals surface area contributed by atoms with Crippen LogP contribution in [0.3, 0.4) is 0 Å². The highest BCUT2D eigenvalue weighted by Crippen LogP contribution is 2.20. The summed E-state index contributed by atoms with van der Waals surface area (Å²) in [6.45, 7) is 1.09. The molecule has 1 aromatic heterocycles. The molecule has 1 N–H and O–H groups in total. The van der Waals surface area contributed by atoms with Gasteiger partial charge >= 0.3 is 0 Å². The van der Waals surface area contributed by atoms with Crippen molar-refractivity contribution in [2.24, 2.45) is 0 Å². The Morgan fingerprint density at radius 3 is 2.17 bits per heavy atom. The predicted octanol–water partition coefficient (Wildman–Crippen LogP) is 3.97. The van der Waals surface area contributed by atoms with Gasteiger partial charge in [-0.25, -0.2) is 4.98 Å². The first-order chi connectivity index (χ1) is 14.7. The fraction of sp³-hybridized carbons (Fsp3) is 0.292. The average molecular weight is 420 g/mol. The molecule has 0 spiro atoms. The second-order valence-corrected chi connectivity index (χ2v) is 8.48. The predicted molar refractivity (Wildman–Crippen MR) is 119 cm³/mol. The number of aryl methyl sites for hydroxylation is 1. The molecule has 0 saturated carbocycles. The van der Waals surface area contributed by atoms with Gasteiger partial charge in [-0.05, 0) is 36.8 Å². The van der Waals surface area contributed by atoms with Crippen LogP contribution in [0.4, 0.5) is 0 Å². The second kappa shape index (κ2) is 9.76. The van der Waals surface area contributed by atoms with E-state index in [9.17, 15) is 9.59 Å². The molecule has 5 nitrogen and oxygen atoms in total. The van der Waals surface area contributed by atoms with Crippen molar-refractivity contribution in [1.29, 1.82) is 0 Å². The molecule has 3 aromatic rings. The molecule has 1 amide bonds. The van der Waals surface area contributed by atoms with Gasteiger partial charge in [-0.2, -0.15) is 0 Å². The number of hydrogen-bond acceptors (Lipinski definition) is 4. The minimum atomic E-state index is -0.0555. The molecule has 0 aliphatic heterocycles. The first-order valence-electron chi connectivity index (χ1n) is 10.3. The highest BCUT2D eigenvalue weighted by atomic mass is 32.2. The summed E-state index contributed by atoms with van der Waals surface area (Å²) < 4.78 is 0. The molecule has 1 aliphatic carbocycles. The van der Waals surface area contributed by atoms with Crippen LogP contribution in [0.5, 0.6) is 0 Å². The minimum Gasteiger partial charge on any atom is -0.333 e. The number of carbonyl (C=O) groups is 1. The van der Waals surface area contributed by atoms with E-state index in [2.05, 4.69) is 9.97 Å². The summed E-state index contributed by atoms with van der Waals surface area (Å²) in [5.41, 5.74) is 3.83. The van der Waals surface area contributed by atoms with E-state index >= 15 is 0 Å². The lowest BCUT2D eigenvalue weighted by molar-refractivity contribution is -0.129. The Labute approximate surface area is 180 Å². The highest BCUT2D eigenvalue weighted by molar-refractivity contribution is 7.99. The van der Waals surface area contributed by atoms with Gasteiger partial charge < -0.3 is 9.88 Å². The van der Waals surface area contributed by atoms with Crippen molar-refractivity contribution in [3.63, 3.8) is 0 Å². The molecule has 30 heavy (non-hydrogen) atoms. The number of nitrogens with one attached hydrogen (secondary N) is 1. The average Bonchev–Trinajstić information content (AvgIpc) is 2.78. The third kappa shape index (κ3) is 5.19. The van der Waals surface area contributed by atoms with Crippen molar-refractivity contribution >= 4 is 17.7 Å². The third-order valence-electron chi connectivity index (χ3n) is 5.29. The van der Waals surface area contributed by atoms with Gasteiger partial charge in [-0.1, -0.05) is 72.4 Å². The Balaban J connectivity index is 1.47. The number of nitrogens with zero attached hydrogens (tertiary/aromatic N) is 2. The van der Waals surface area contributed by atoms with Crippen LogP contribution in [-0.2, 0) is 30.7 Å². The lowest BCUT2D eigenvalue weighted by atomic mass is 9.97. The number of aromatic amines is 1. The van der Waals surface area contributed by atoms with E-state index in [1.807, 2.05) is 65.6 Å². The molecule has 0 saturated heterocycles. The summed E-state index contributed by atoms with van der Waals surface area (Å²) >= 11 is 1.31.